The highest BCUT2D eigenvalue weighted by Crippen LogP contribution is 2.23. The van der Waals surface area contributed by atoms with Crippen molar-refractivity contribution in [2.75, 3.05) is 7.05 Å². The van der Waals surface area contributed by atoms with Crippen molar-refractivity contribution in [2.24, 2.45) is 17.8 Å². The van der Waals surface area contributed by atoms with Gasteiger partial charge in [-0.1, -0.05) is 40.5 Å². The second kappa shape index (κ2) is 8.15. The fourth-order valence-electron chi connectivity index (χ4n) is 1.82. The Morgan fingerprint density at radius 2 is 1.20 bits per heavy atom. The van der Waals surface area contributed by atoms with Crippen LogP contribution in [0.1, 0.15) is 60.3 Å². The molecule has 3 unspecified atom stereocenters. The van der Waals surface area contributed by atoms with Crippen molar-refractivity contribution in [3.8, 4) is 0 Å². The van der Waals surface area contributed by atoms with Crippen molar-refractivity contribution >= 4 is 0 Å². The highest BCUT2D eigenvalue weighted by molar-refractivity contribution is 4.66. The normalized spacial score (nSPS) is 17.8. The highest BCUT2D eigenvalue weighted by Gasteiger charge is 2.13. The molecule has 0 amide bonds. The molecule has 0 aromatic rings. The van der Waals surface area contributed by atoms with Crippen LogP contribution in [0.5, 0.6) is 0 Å². The van der Waals surface area contributed by atoms with Crippen LogP contribution in [0, 0.1) is 17.8 Å². The van der Waals surface area contributed by atoms with Crippen LogP contribution in [0.4, 0.5) is 0 Å². The zero-order valence-electron chi connectivity index (χ0n) is 11.6. The molecule has 0 rings (SSSR count). The van der Waals surface area contributed by atoms with Crippen LogP contribution >= 0.6 is 0 Å². The molecule has 0 aliphatic carbocycles. The van der Waals surface area contributed by atoms with Gasteiger partial charge >= 0.3 is 0 Å². The van der Waals surface area contributed by atoms with Gasteiger partial charge in [0.15, 0.2) is 0 Å². The first-order valence-corrected chi connectivity index (χ1v) is 6.64. The molecule has 1 nitrogen and oxygen atoms in total. The molecule has 0 saturated heterocycles. The summed E-state index contributed by atoms with van der Waals surface area (Å²) < 4.78 is 0. The van der Waals surface area contributed by atoms with Gasteiger partial charge in [-0.3, -0.25) is 0 Å². The topological polar surface area (TPSA) is 12.0 Å². The monoisotopic (exact) mass is 213 g/mol. The van der Waals surface area contributed by atoms with Gasteiger partial charge in [-0.05, 0) is 44.6 Å². The summed E-state index contributed by atoms with van der Waals surface area (Å²) in [7, 11) is 2.05. The molecule has 0 fully saturated rings. The average molecular weight is 213 g/mol. The Kier molecular flexibility index (Phi) is 8.13. The minimum atomic E-state index is 0.671. The Balaban J connectivity index is 3.64. The molecule has 0 aromatic heterocycles. The van der Waals surface area contributed by atoms with E-state index in [0.717, 1.165) is 17.8 Å². The third-order valence-electron chi connectivity index (χ3n) is 3.72. The number of hydrogen-bond donors (Lipinski definition) is 1. The van der Waals surface area contributed by atoms with Gasteiger partial charge in [0.1, 0.15) is 0 Å². The molecular formula is C14H31N. The molecule has 0 spiro atoms. The van der Waals surface area contributed by atoms with Crippen molar-refractivity contribution < 1.29 is 0 Å². The fraction of sp³-hybridized carbons (Fsp3) is 1.00. The first kappa shape index (κ1) is 15.0. The van der Waals surface area contributed by atoms with Gasteiger partial charge in [0.2, 0.25) is 0 Å². The van der Waals surface area contributed by atoms with E-state index in [4.69, 9.17) is 0 Å². The van der Waals surface area contributed by atoms with Crippen molar-refractivity contribution in [2.45, 2.75) is 66.3 Å². The average Bonchev–Trinajstić information content (AvgIpc) is 2.21. The van der Waals surface area contributed by atoms with E-state index in [-0.39, 0.29) is 0 Å². The number of nitrogens with one attached hydrogen (secondary N) is 1. The quantitative estimate of drug-likeness (QED) is 0.640. The lowest BCUT2D eigenvalue weighted by Gasteiger charge is -2.22. The van der Waals surface area contributed by atoms with E-state index in [1.54, 1.807) is 0 Å². The Morgan fingerprint density at radius 1 is 0.733 bits per heavy atom. The predicted octanol–water partition coefficient (Wildman–Crippen LogP) is 4.08. The van der Waals surface area contributed by atoms with Gasteiger partial charge in [0.25, 0.3) is 0 Å². The van der Waals surface area contributed by atoms with Crippen LogP contribution < -0.4 is 5.32 Å². The first-order chi connectivity index (χ1) is 6.97. The number of rotatable bonds is 8. The standard InChI is InChI=1S/C14H31N/c1-11(2)7-8-12(3)13(4)9-10-14(5)15-6/h11-15H,7-10H2,1-6H3. The van der Waals surface area contributed by atoms with Crippen molar-refractivity contribution in [1.29, 1.82) is 0 Å². The molecule has 0 heterocycles. The van der Waals surface area contributed by atoms with Gasteiger partial charge in [0, 0.05) is 6.04 Å². The molecule has 0 radical (unpaired) electrons. The summed E-state index contributed by atoms with van der Waals surface area (Å²) in [5.41, 5.74) is 0. The van der Waals surface area contributed by atoms with Gasteiger partial charge in [-0.2, -0.15) is 0 Å². The summed E-state index contributed by atoms with van der Waals surface area (Å²) in [5, 5.41) is 3.31. The number of hydrogen-bond acceptors (Lipinski definition) is 1. The summed E-state index contributed by atoms with van der Waals surface area (Å²) in [5.74, 6) is 2.62. The summed E-state index contributed by atoms with van der Waals surface area (Å²) >= 11 is 0. The minimum Gasteiger partial charge on any atom is -0.317 e. The van der Waals surface area contributed by atoms with Crippen molar-refractivity contribution in [1.82, 2.24) is 5.32 Å². The summed E-state index contributed by atoms with van der Waals surface area (Å²) in [6, 6.07) is 0.671. The molecule has 0 aliphatic rings. The van der Waals surface area contributed by atoms with Gasteiger partial charge in [-0.15, -0.1) is 0 Å². The molecule has 0 saturated carbocycles. The SMILES string of the molecule is CNC(C)CCC(C)C(C)CCC(C)C. The van der Waals surface area contributed by atoms with Crippen LogP contribution in [-0.4, -0.2) is 13.1 Å². The van der Waals surface area contributed by atoms with Crippen LogP contribution in [-0.2, 0) is 0 Å². The smallest absolute Gasteiger partial charge is 0.00358 e. The molecular weight excluding hydrogens is 182 g/mol. The van der Waals surface area contributed by atoms with Crippen LogP contribution in [0.2, 0.25) is 0 Å². The Labute approximate surface area is 97.0 Å². The third kappa shape index (κ3) is 7.84. The lowest BCUT2D eigenvalue weighted by molar-refractivity contribution is 0.306. The summed E-state index contributed by atoms with van der Waals surface area (Å²) in [6.45, 7) is 11.7. The minimum absolute atomic E-state index is 0.671. The van der Waals surface area contributed by atoms with E-state index in [9.17, 15) is 0 Å². The zero-order chi connectivity index (χ0) is 11.8. The van der Waals surface area contributed by atoms with Gasteiger partial charge in [0.05, 0.1) is 0 Å². The Bertz CT molecular complexity index is 142. The Morgan fingerprint density at radius 3 is 1.60 bits per heavy atom. The van der Waals surface area contributed by atoms with Crippen molar-refractivity contribution in [3.05, 3.63) is 0 Å². The molecule has 0 aromatic carbocycles. The summed E-state index contributed by atoms with van der Waals surface area (Å²) in [6.07, 6.45) is 5.45. The Hall–Kier alpha value is -0.0400. The molecule has 3 atom stereocenters. The maximum Gasteiger partial charge on any atom is 0.00358 e. The van der Waals surface area contributed by atoms with Crippen LogP contribution in [0.15, 0.2) is 0 Å². The zero-order valence-corrected chi connectivity index (χ0v) is 11.6. The van der Waals surface area contributed by atoms with E-state index in [1.807, 2.05) is 0 Å². The van der Waals surface area contributed by atoms with Gasteiger partial charge < -0.3 is 5.32 Å². The molecule has 1 heteroatoms. The highest BCUT2D eigenvalue weighted by atomic mass is 14.8. The molecule has 0 bridgehead atoms. The van der Waals surface area contributed by atoms with Crippen LogP contribution in [0.25, 0.3) is 0 Å². The van der Waals surface area contributed by atoms with E-state index in [0.29, 0.717) is 6.04 Å². The van der Waals surface area contributed by atoms with E-state index >= 15 is 0 Å². The molecule has 92 valence electrons. The van der Waals surface area contributed by atoms with Gasteiger partial charge in [-0.25, -0.2) is 0 Å². The van der Waals surface area contributed by atoms with Crippen LogP contribution in [0.3, 0.4) is 0 Å². The maximum absolute atomic E-state index is 3.31. The largest absolute Gasteiger partial charge is 0.317 e. The molecule has 15 heavy (non-hydrogen) atoms. The maximum atomic E-state index is 3.31. The first-order valence-electron chi connectivity index (χ1n) is 6.64. The lowest BCUT2D eigenvalue weighted by atomic mass is 9.85. The second-order valence-electron chi connectivity index (χ2n) is 5.69. The fourth-order valence-corrected chi connectivity index (χ4v) is 1.82. The predicted molar refractivity (Wildman–Crippen MR) is 70.2 cm³/mol. The third-order valence-corrected chi connectivity index (χ3v) is 3.72. The molecule has 1 N–H and O–H groups in total. The summed E-state index contributed by atoms with van der Waals surface area (Å²) in [4.78, 5) is 0. The van der Waals surface area contributed by atoms with E-state index in [1.165, 1.54) is 25.7 Å². The second-order valence-corrected chi connectivity index (χ2v) is 5.69. The molecule has 0 aliphatic heterocycles. The lowest BCUT2D eigenvalue weighted by Crippen LogP contribution is -2.22. The van der Waals surface area contributed by atoms with Crippen molar-refractivity contribution in [3.63, 3.8) is 0 Å². The van der Waals surface area contributed by atoms with E-state index in [2.05, 4.69) is 47.0 Å². The van der Waals surface area contributed by atoms with E-state index < -0.39 is 0 Å².